The highest BCUT2D eigenvalue weighted by Crippen LogP contribution is 2.19. The van der Waals surface area contributed by atoms with E-state index in [1.54, 1.807) is 0 Å². The summed E-state index contributed by atoms with van der Waals surface area (Å²) in [5.74, 6) is -1.75. The van der Waals surface area contributed by atoms with E-state index in [0.29, 0.717) is 0 Å². The third-order valence-corrected chi connectivity index (χ3v) is 5.03. The van der Waals surface area contributed by atoms with Gasteiger partial charge in [0.2, 0.25) is 10.0 Å². The van der Waals surface area contributed by atoms with Crippen molar-refractivity contribution in [2.75, 3.05) is 13.7 Å². The van der Waals surface area contributed by atoms with Crippen LogP contribution in [-0.2, 0) is 14.8 Å². The van der Waals surface area contributed by atoms with E-state index in [-0.39, 0.29) is 18.0 Å². The minimum absolute atomic E-state index is 0.0321. The lowest BCUT2D eigenvalue weighted by molar-refractivity contribution is 0.0600. The Morgan fingerprint density at radius 1 is 1.21 bits per heavy atom. The molecule has 0 radical (unpaired) electrons. The van der Waals surface area contributed by atoms with Crippen molar-refractivity contribution in [1.29, 1.82) is 0 Å². The van der Waals surface area contributed by atoms with Crippen LogP contribution < -0.4 is 4.72 Å². The second-order valence-electron chi connectivity index (χ2n) is 5.30. The van der Waals surface area contributed by atoms with Crippen LogP contribution in [0.4, 0.5) is 4.39 Å². The van der Waals surface area contributed by atoms with E-state index in [9.17, 15) is 17.6 Å². The molecule has 0 saturated heterocycles. The van der Waals surface area contributed by atoms with Crippen LogP contribution in [-0.4, -0.2) is 28.0 Å². The third kappa shape index (κ3) is 4.18. The molecular weight excluding hydrogens is 333 g/mol. The van der Waals surface area contributed by atoms with Gasteiger partial charge < -0.3 is 4.74 Å². The zero-order valence-corrected chi connectivity index (χ0v) is 14.1. The van der Waals surface area contributed by atoms with E-state index < -0.39 is 26.7 Å². The number of nitrogens with one attached hydrogen (secondary N) is 1. The normalized spacial score (nSPS) is 12.6. The fraction of sp³-hybridized carbons (Fsp3) is 0.235. The molecule has 2 aromatic rings. The Kier molecular flexibility index (Phi) is 5.69. The number of hydrogen-bond acceptors (Lipinski definition) is 4. The fourth-order valence-electron chi connectivity index (χ4n) is 2.17. The number of esters is 1. The molecule has 0 aliphatic carbocycles. The van der Waals surface area contributed by atoms with Crippen molar-refractivity contribution in [3.8, 4) is 0 Å². The predicted molar refractivity (Wildman–Crippen MR) is 87.8 cm³/mol. The zero-order valence-electron chi connectivity index (χ0n) is 13.3. The molecule has 1 atom stereocenters. The van der Waals surface area contributed by atoms with Crippen molar-refractivity contribution in [2.45, 2.75) is 17.7 Å². The molecule has 24 heavy (non-hydrogen) atoms. The standard InChI is InChI=1S/C17H18FNO4S/c1-12(13-6-4-3-5-7-13)11-19-24(21,22)16-10-14(17(20)23-2)8-9-15(16)18/h3-10,12,19H,11H2,1-2H3/t12-/m0/s1. The van der Waals surface area contributed by atoms with Crippen LogP contribution in [0.15, 0.2) is 53.4 Å². The average Bonchev–Trinajstić information content (AvgIpc) is 2.60. The molecule has 128 valence electrons. The molecule has 0 unspecified atom stereocenters. The van der Waals surface area contributed by atoms with Crippen LogP contribution in [0.5, 0.6) is 0 Å². The summed E-state index contributed by atoms with van der Waals surface area (Å²) in [5.41, 5.74) is 0.930. The monoisotopic (exact) mass is 351 g/mol. The van der Waals surface area contributed by atoms with Gasteiger partial charge >= 0.3 is 5.97 Å². The molecule has 1 N–H and O–H groups in total. The quantitative estimate of drug-likeness (QED) is 0.812. The number of carbonyl (C=O) groups excluding carboxylic acids is 1. The third-order valence-electron chi connectivity index (χ3n) is 3.59. The number of halogens is 1. The van der Waals surface area contributed by atoms with E-state index >= 15 is 0 Å². The van der Waals surface area contributed by atoms with Gasteiger partial charge in [0.15, 0.2) is 0 Å². The molecule has 0 fully saturated rings. The van der Waals surface area contributed by atoms with Crippen LogP contribution >= 0.6 is 0 Å². The molecular formula is C17H18FNO4S. The summed E-state index contributed by atoms with van der Waals surface area (Å²) in [6.45, 7) is 1.97. The van der Waals surface area contributed by atoms with Crippen LogP contribution in [0, 0.1) is 5.82 Å². The molecule has 2 aromatic carbocycles. The van der Waals surface area contributed by atoms with E-state index in [2.05, 4.69) is 9.46 Å². The fourth-order valence-corrected chi connectivity index (χ4v) is 3.40. The summed E-state index contributed by atoms with van der Waals surface area (Å²) < 4.78 is 45.5. The van der Waals surface area contributed by atoms with Gasteiger partial charge in [-0.3, -0.25) is 0 Å². The Morgan fingerprint density at radius 3 is 2.50 bits per heavy atom. The summed E-state index contributed by atoms with van der Waals surface area (Å²) >= 11 is 0. The minimum Gasteiger partial charge on any atom is -0.465 e. The molecule has 0 amide bonds. The lowest BCUT2D eigenvalue weighted by Crippen LogP contribution is -2.28. The van der Waals surface area contributed by atoms with E-state index in [0.717, 1.165) is 17.7 Å². The molecule has 5 nitrogen and oxygen atoms in total. The van der Waals surface area contributed by atoms with Crippen molar-refractivity contribution in [3.05, 3.63) is 65.5 Å². The summed E-state index contributed by atoms with van der Waals surface area (Å²) in [6, 6.07) is 12.4. The van der Waals surface area contributed by atoms with Crippen molar-refractivity contribution >= 4 is 16.0 Å². The van der Waals surface area contributed by atoms with Gasteiger partial charge in [0.25, 0.3) is 0 Å². The zero-order chi connectivity index (χ0) is 17.7. The van der Waals surface area contributed by atoms with Crippen molar-refractivity contribution < 1.29 is 22.3 Å². The largest absolute Gasteiger partial charge is 0.465 e. The van der Waals surface area contributed by atoms with Crippen molar-refractivity contribution in [1.82, 2.24) is 4.72 Å². The van der Waals surface area contributed by atoms with E-state index in [1.807, 2.05) is 37.3 Å². The van der Waals surface area contributed by atoms with Gasteiger partial charge in [-0.1, -0.05) is 37.3 Å². The molecule has 2 rings (SSSR count). The van der Waals surface area contributed by atoms with Gasteiger partial charge in [0.05, 0.1) is 12.7 Å². The molecule has 0 bridgehead atoms. The van der Waals surface area contributed by atoms with Gasteiger partial charge in [0, 0.05) is 6.54 Å². The first-order chi connectivity index (χ1) is 11.3. The Labute approximate surface area is 140 Å². The van der Waals surface area contributed by atoms with Gasteiger partial charge in [-0.15, -0.1) is 0 Å². The first kappa shape index (κ1) is 18.1. The summed E-state index contributed by atoms with van der Waals surface area (Å²) in [6.07, 6.45) is 0. The summed E-state index contributed by atoms with van der Waals surface area (Å²) in [7, 11) is -2.92. The maximum atomic E-state index is 13.9. The molecule has 0 spiro atoms. The first-order valence-electron chi connectivity index (χ1n) is 7.27. The minimum atomic E-state index is -4.09. The highest BCUT2D eigenvalue weighted by atomic mass is 32.2. The molecule has 0 heterocycles. The van der Waals surface area contributed by atoms with E-state index in [4.69, 9.17) is 0 Å². The Bertz CT molecular complexity index is 822. The smallest absolute Gasteiger partial charge is 0.337 e. The van der Waals surface area contributed by atoms with Crippen molar-refractivity contribution in [2.24, 2.45) is 0 Å². The van der Waals surface area contributed by atoms with Gasteiger partial charge in [0.1, 0.15) is 10.7 Å². The number of rotatable bonds is 6. The van der Waals surface area contributed by atoms with Crippen LogP contribution in [0.2, 0.25) is 0 Å². The topological polar surface area (TPSA) is 72.5 Å². The van der Waals surface area contributed by atoms with Crippen molar-refractivity contribution in [3.63, 3.8) is 0 Å². The van der Waals surface area contributed by atoms with Crippen LogP contribution in [0.3, 0.4) is 0 Å². The van der Waals surface area contributed by atoms with E-state index in [1.165, 1.54) is 13.2 Å². The van der Waals surface area contributed by atoms with Gasteiger partial charge in [-0.25, -0.2) is 22.3 Å². The second kappa shape index (κ2) is 7.55. The Morgan fingerprint density at radius 2 is 1.88 bits per heavy atom. The van der Waals surface area contributed by atoms with Crippen LogP contribution in [0.25, 0.3) is 0 Å². The predicted octanol–water partition coefficient (Wildman–Crippen LogP) is 2.69. The van der Waals surface area contributed by atoms with Gasteiger partial charge in [-0.2, -0.15) is 0 Å². The highest BCUT2D eigenvalue weighted by molar-refractivity contribution is 7.89. The molecule has 0 aromatic heterocycles. The molecule has 0 aliphatic rings. The number of ether oxygens (including phenoxy) is 1. The molecule has 0 aliphatic heterocycles. The SMILES string of the molecule is COC(=O)c1ccc(F)c(S(=O)(=O)NC[C@H](C)c2ccccc2)c1. The average molecular weight is 351 g/mol. The number of sulfonamides is 1. The highest BCUT2D eigenvalue weighted by Gasteiger charge is 2.22. The van der Waals surface area contributed by atoms with Crippen LogP contribution in [0.1, 0.15) is 28.8 Å². The maximum Gasteiger partial charge on any atom is 0.337 e. The second-order valence-corrected chi connectivity index (χ2v) is 7.04. The summed E-state index contributed by atoms with van der Waals surface area (Å²) in [5, 5.41) is 0. The molecule has 7 heteroatoms. The lowest BCUT2D eigenvalue weighted by Gasteiger charge is -2.14. The Hall–Kier alpha value is -2.25. The number of hydrogen-bond donors (Lipinski definition) is 1. The Balaban J connectivity index is 2.20. The van der Waals surface area contributed by atoms with Gasteiger partial charge in [-0.05, 0) is 29.7 Å². The number of carbonyl (C=O) groups is 1. The summed E-state index contributed by atoms with van der Waals surface area (Å²) in [4.78, 5) is 10.9. The number of benzene rings is 2. The maximum absolute atomic E-state index is 13.9. The molecule has 0 saturated carbocycles. The lowest BCUT2D eigenvalue weighted by atomic mass is 10.0. The number of methoxy groups -OCH3 is 1. The first-order valence-corrected chi connectivity index (χ1v) is 8.76.